The van der Waals surface area contributed by atoms with Crippen LogP contribution in [-0.2, 0) is 0 Å². The zero-order chi connectivity index (χ0) is 11.7. The summed E-state index contributed by atoms with van der Waals surface area (Å²) in [6.07, 6.45) is 1.46. The maximum Gasteiger partial charge on any atom is 0.256 e. The smallest absolute Gasteiger partial charge is 0.256 e. The van der Waals surface area contributed by atoms with Gasteiger partial charge in [0, 0.05) is 6.20 Å². The van der Waals surface area contributed by atoms with Gasteiger partial charge in [-0.2, -0.15) is 0 Å². The first-order valence-corrected chi connectivity index (χ1v) is 5.42. The van der Waals surface area contributed by atoms with E-state index in [1.165, 1.54) is 0 Å². The van der Waals surface area contributed by atoms with Crippen LogP contribution < -0.4 is 10.6 Å². The summed E-state index contributed by atoms with van der Waals surface area (Å²) >= 11 is 0. The van der Waals surface area contributed by atoms with Gasteiger partial charge >= 0.3 is 0 Å². The predicted molar refractivity (Wildman–Crippen MR) is 64.5 cm³/mol. The number of pyridine rings is 1. The van der Waals surface area contributed by atoms with E-state index >= 15 is 0 Å². The molecule has 0 spiro atoms. The number of rotatable bonds is 1. The molecule has 84 valence electrons. The van der Waals surface area contributed by atoms with Gasteiger partial charge in [0.1, 0.15) is 12.0 Å². The van der Waals surface area contributed by atoms with Gasteiger partial charge in [0.25, 0.3) is 5.91 Å². The number of benzene rings is 1. The number of nitrogens with zero attached hydrogens (tertiary/aromatic N) is 1. The number of carbonyl (C=O) groups is 1. The number of carbonyl (C=O) groups excluding carboxylic acids is 1. The summed E-state index contributed by atoms with van der Waals surface area (Å²) in [4.78, 5) is 16.1. The molecule has 1 aliphatic heterocycles. The molecule has 0 aliphatic carbocycles. The average Bonchev–Trinajstić information content (AvgIpc) is 2.40. The van der Waals surface area contributed by atoms with Gasteiger partial charge in [0.2, 0.25) is 0 Å². The number of aromatic nitrogens is 1. The number of hydrogen-bond acceptors (Lipinski definition) is 3. The highest BCUT2D eigenvalue weighted by Gasteiger charge is 2.24. The molecule has 2 N–H and O–H groups in total. The van der Waals surface area contributed by atoms with E-state index in [1.807, 2.05) is 30.3 Å². The first-order chi connectivity index (χ1) is 8.34. The van der Waals surface area contributed by atoms with Crippen molar-refractivity contribution < 1.29 is 4.79 Å². The predicted octanol–water partition coefficient (Wildman–Crippen LogP) is 1.94. The minimum atomic E-state index is -0.217. The van der Waals surface area contributed by atoms with E-state index in [0.29, 0.717) is 11.4 Å². The Balaban J connectivity index is 1.97. The summed E-state index contributed by atoms with van der Waals surface area (Å²) in [5.74, 6) is 0.533. The molecule has 1 amide bonds. The minimum absolute atomic E-state index is 0.0966. The lowest BCUT2D eigenvalue weighted by atomic mass is 10.1. The molecule has 4 nitrogen and oxygen atoms in total. The van der Waals surface area contributed by atoms with Crippen molar-refractivity contribution in [3.05, 3.63) is 59.8 Å². The van der Waals surface area contributed by atoms with E-state index in [2.05, 4.69) is 15.6 Å². The molecule has 1 unspecified atom stereocenters. The summed E-state index contributed by atoms with van der Waals surface area (Å²) in [6, 6.07) is 13.3. The Morgan fingerprint density at radius 2 is 1.82 bits per heavy atom. The second-order valence-electron chi connectivity index (χ2n) is 3.86. The number of amides is 1. The minimum Gasteiger partial charge on any atom is -0.346 e. The lowest BCUT2D eigenvalue weighted by molar-refractivity contribution is 0.0935. The third-order valence-corrected chi connectivity index (χ3v) is 2.74. The molecule has 1 aromatic carbocycles. The first-order valence-electron chi connectivity index (χ1n) is 5.42. The molecule has 1 aromatic heterocycles. The van der Waals surface area contributed by atoms with E-state index in [4.69, 9.17) is 0 Å². The van der Waals surface area contributed by atoms with Crippen LogP contribution in [0.3, 0.4) is 0 Å². The molecule has 1 aliphatic rings. The molecular weight excluding hydrogens is 214 g/mol. The topological polar surface area (TPSA) is 54.0 Å². The molecule has 4 heteroatoms. The van der Waals surface area contributed by atoms with Gasteiger partial charge in [0.05, 0.1) is 5.56 Å². The molecule has 0 bridgehead atoms. The van der Waals surface area contributed by atoms with Crippen molar-refractivity contribution in [1.29, 1.82) is 0 Å². The summed E-state index contributed by atoms with van der Waals surface area (Å²) in [6.45, 7) is 0. The Morgan fingerprint density at radius 3 is 2.65 bits per heavy atom. The van der Waals surface area contributed by atoms with Crippen LogP contribution in [0.4, 0.5) is 5.82 Å². The normalized spacial score (nSPS) is 17.9. The van der Waals surface area contributed by atoms with E-state index in [9.17, 15) is 4.79 Å². The fourth-order valence-corrected chi connectivity index (χ4v) is 1.90. The van der Waals surface area contributed by atoms with E-state index in [0.717, 1.165) is 5.56 Å². The Hall–Kier alpha value is -2.36. The van der Waals surface area contributed by atoms with Gasteiger partial charge in [-0.05, 0) is 17.7 Å². The number of fused-ring (bicyclic) bond motifs is 1. The van der Waals surface area contributed by atoms with Gasteiger partial charge in [0.15, 0.2) is 0 Å². The maximum absolute atomic E-state index is 11.9. The fourth-order valence-electron chi connectivity index (χ4n) is 1.90. The van der Waals surface area contributed by atoms with Gasteiger partial charge in [-0.15, -0.1) is 0 Å². The molecule has 0 saturated carbocycles. The van der Waals surface area contributed by atoms with E-state index in [1.54, 1.807) is 18.3 Å². The summed E-state index contributed by atoms with van der Waals surface area (Å²) < 4.78 is 0. The van der Waals surface area contributed by atoms with Crippen molar-refractivity contribution in [2.75, 3.05) is 5.32 Å². The average molecular weight is 225 g/mol. The zero-order valence-electron chi connectivity index (χ0n) is 9.05. The largest absolute Gasteiger partial charge is 0.346 e. The van der Waals surface area contributed by atoms with Crippen LogP contribution in [0.15, 0.2) is 48.7 Å². The Morgan fingerprint density at radius 1 is 1.00 bits per heavy atom. The van der Waals surface area contributed by atoms with Gasteiger partial charge in [-0.1, -0.05) is 30.3 Å². The van der Waals surface area contributed by atoms with Crippen LogP contribution in [0, 0.1) is 0 Å². The second-order valence-corrected chi connectivity index (χ2v) is 3.86. The van der Waals surface area contributed by atoms with Gasteiger partial charge in [-0.3, -0.25) is 4.79 Å². The van der Waals surface area contributed by atoms with E-state index < -0.39 is 0 Å². The summed E-state index contributed by atoms with van der Waals surface area (Å²) in [7, 11) is 0. The van der Waals surface area contributed by atoms with Crippen molar-refractivity contribution in [2.45, 2.75) is 6.17 Å². The molecule has 0 saturated heterocycles. The highest BCUT2D eigenvalue weighted by atomic mass is 16.2. The molecule has 2 aromatic rings. The van der Waals surface area contributed by atoms with Gasteiger partial charge < -0.3 is 10.6 Å². The first kappa shape index (κ1) is 9.84. The zero-order valence-corrected chi connectivity index (χ0v) is 9.05. The highest BCUT2D eigenvalue weighted by molar-refractivity contribution is 6.00. The lowest BCUT2D eigenvalue weighted by Gasteiger charge is -2.27. The van der Waals surface area contributed by atoms with Gasteiger partial charge in [-0.25, -0.2) is 4.98 Å². The SMILES string of the molecule is O=C1NC(c2ccccc2)Nc2ncccc21. The summed E-state index contributed by atoms with van der Waals surface area (Å²) in [5, 5.41) is 6.10. The lowest BCUT2D eigenvalue weighted by Crippen LogP contribution is -2.38. The number of anilines is 1. The van der Waals surface area contributed by atoms with Crippen molar-refractivity contribution in [2.24, 2.45) is 0 Å². The Bertz CT molecular complexity index is 554. The molecule has 1 atom stereocenters. The molecule has 17 heavy (non-hydrogen) atoms. The van der Waals surface area contributed by atoms with Crippen molar-refractivity contribution in [1.82, 2.24) is 10.3 Å². The third-order valence-electron chi connectivity index (χ3n) is 2.74. The standard InChI is InChI=1S/C13H11N3O/c17-13-10-7-4-8-14-12(10)15-11(16-13)9-5-2-1-3-6-9/h1-8,11H,(H,14,15)(H,16,17). The molecule has 0 radical (unpaired) electrons. The van der Waals surface area contributed by atoms with Crippen LogP contribution in [0.1, 0.15) is 22.1 Å². The fraction of sp³-hybridized carbons (Fsp3) is 0.0769. The van der Waals surface area contributed by atoms with Crippen molar-refractivity contribution in [3.8, 4) is 0 Å². The van der Waals surface area contributed by atoms with Crippen molar-refractivity contribution >= 4 is 11.7 Å². The Labute approximate surface area is 98.7 Å². The van der Waals surface area contributed by atoms with Crippen LogP contribution in [-0.4, -0.2) is 10.9 Å². The number of hydrogen-bond donors (Lipinski definition) is 2. The van der Waals surface area contributed by atoms with Crippen LogP contribution in [0.25, 0.3) is 0 Å². The quantitative estimate of drug-likeness (QED) is 0.779. The van der Waals surface area contributed by atoms with Crippen LogP contribution in [0.2, 0.25) is 0 Å². The summed E-state index contributed by atoms with van der Waals surface area (Å²) in [5.41, 5.74) is 1.59. The number of nitrogens with one attached hydrogen (secondary N) is 2. The Kier molecular flexibility index (Phi) is 2.26. The molecule has 3 rings (SSSR count). The second kappa shape index (κ2) is 3.90. The van der Waals surface area contributed by atoms with Crippen LogP contribution in [0.5, 0.6) is 0 Å². The molecular formula is C13H11N3O. The maximum atomic E-state index is 11.9. The van der Waals surface area contributed by atoms with E-state index in [-0.39, 0.29) is 12.1 Å². The third kappa shape index (κ3) is 1.73. The molecule has 2 heterocycles. The highest BCUT2D eigenvalue weighted by Crippen LogP contribution is 2.23. The van der Waals surface area contributed by atoms with Crippen LogP contribution >= 0.6 is 0 Å². The monoisotopic (exact) mass is 225 g/mol. The van der Waals surface area contributed by atoms with Crippen molar-refractivity contribution in [3.63, 3.8) is 0 Å². The molecule has 0 fully saturated rings.